The summed E-state index contributed by atoms with van der Waals surface area (Å²) in [6, 6.07) is 9.51. The molecule has 0 spiro atoms. The first-order valence-corrected chi connectivity index (χ1v) is 6.90. The average Bonchev–Trinajstić information content (AvgIpc) is 2.53. The maximum atomic E-state index is 12.6. The van der Waals surface area contributed by atoms with E-state index in [0.29, 0.717) is 11.1 Å². The van der Waals surface area contributed by atoms with Crippen LogP contribution in [0.2, 0.25) is 0 Å². The number of ether oxygens (including phenoxy) is 2. The third-order valence-corrected chi connectivity index (χ3v) is 3.24. The first-order valence-electron chi connectivity index (χ1n) is 6.90. The summed E-state index contributed by atoms with van der Waals surface area (Å²) in [5, 5.41) is 0. The van der Waals surface area contributed by atoms with E-state index in [2.05, 4.69) is 0 Å². The number of benzene rings is 2. The van der Waals surface area contributed by atoms with Gasteiger partial charge in [0.25, 0.3) is 0 Å². The second-order valence-electron chi connectivity index (χ2n) is 4.68. The minimum absolute atomic E-state index is 0.215. The van der Waals surface area contributed by atoms with Crippen molar-refractivity contribution in [2.45, 2.75) is 13.1 Å². The first kappa shape index (κ1) is 16.9. The third-order valence-electron chi connectivity index (χ3n) is 3.24. The molecule has 0 aliphatic heterocycles. The molecule has 0 amide bonds. The van der Waals surface area contributed by atoms with E-state index < -0.39 is 17.7 Å². The quantitative estimate of drug-likeness (QED) is 0.774. The summed E-state index contributed by atoms with van der Waals surface area (Å²) >= 11 is 0. The maximum absolute atomic E-state index is 12.6. The van der Waals surface area contributed by atoms with Gasteiger partial charge in [0.15, 0.2) is 0 Å². The number of carbonyl (C=O) groups is 1. The number of esters is 1. The summed E-state index contributed by atoms with van der Waals surface area (Å²) in [5.41, 5.74) is 0.529. The van der Waals surface area contributed by atoms with E-state index in [1.54, 1.807) is 25.1 Å². The van der Waals surface area contributed by atoms with Gasteiger partial charge in [0, 0.05) is 5.56 Å². The molecule has 0 N–H and O–H groups in total. The number of hydrogen-bond donors (Lipinski definition) is 0. The van der Waals surface area contributed by atoms with Gasteiger partial charge < -0.3 is 9.47 Å². The molecule has 0 heterocycles. The molecule has 0 saturated carbocycles. The van der Waals surface area contributed by atoms with Crippen LogP contribution >= 0.6 is 0 Å². The van der Waals surface area contributed by atoms with Crippen LogP contribution in [-0.4, -0.2) is 19.7 Å². The molecule has 0 bridgehead atoms. The van der Waals surface area contributed by atoms with Crippen LogP contribution in [0, 0.1) is 0 Å². The van der Waals surface area contributed by atoms with Crippen molar-refractivity contribution in [2.75, 3.05) is 13.7 Å². The van der Waals surface area contributed by atoms with E-state index in [4.69, 9.17) is 9.47 Å². The highest BCUT2D eigenvalue weighted by Crippen LogP contribution is 2.36. The number of methoxy groups -OCH3 is 1. The Hall–Kier alpha value is -2.50. The van der Waals surface area contributed by atoms with Crippen molar-refractivity contribution in [3.05, 3.63) is 53.6 Å². The Morgan fingerprint density at radius 2 is 1.74 bits per heavy atom. The number of rotatable bonds is 4. The molecule has 0 aliphatic rings. The highest BCUT2D eigenvalue weighted by molar-refractivity contribution is 5.95. The second-order valence-corrected chi connectivity index (χ2v) is 4.68. The Kier molecular flexibility index (Phi) is 4.93. The molecule has 0 aliphatic carbocycles. The Balaban J connectivity index is 2.47. The molecule has 2 rings (SSSR count). The van der Waals surface area contributed by atoms with E-state index >= 15 is 0 Å². The van der Waals surface area contributed by atoms with Crippen LogP contribution in [0.1, 0.15) is 22.8 Å². The van der Waals surface area contributed by atoms with Gasteiger partial charge in [0.1, 0.15) is 11.3 Å². The lowest BCUT2D eigenvalue weighted by Gasteiger charge is -2.14. The monoisotopic (exact) mass is 324 g/mol. The normalized spacial score (nSPS) is 11.2. The van der Waals surface area contributed by atoms with Gasteiger partial charge in [-0.25, -0.2) is 4.79 Å². The average molecular weight is 324 g/mol. The molecule has 122 valence electrons. The van der Waals surface area contributed by atoms with Gasteiger partial charge in [-0.3, -0.25) is 0 Å². The van der Waals surface area contributed by atoms with Crippen LogP contribution in [0.3, 0.4) is 0 Å². The Morgan fingerprint density at radius 1 is 1.09 bits per heavy atom. The number of halogens is 3. The molecule has 0 aromatic heterocycles. The largest absolute Gasteiger partial charge is 0.495 e. The van der Waals surface area contributed by atoms with Gasteiger partial charge in [-0.15, -0.1) is 0 Å². The topological polar surface area (TPSA) is 35.5 Å². The number of para-hydroxylation sites is 1. The number of hydrogen-bond acceptors (Lipinski definition) is 3. The van der Waals surface area contributed by atoms with Crippen LogP contribution in [0.15, 0.2) is 42.5 Å². The molecule has 2 aromatic rings. The lowest BCUT2D eigenvalue weighted by atomic mass is 10.00. The minimum atomic E-state index is -4.39. The first-order chi connectivity index (χ1) is 10.9. The molecular formula is C17H15F3O3. The predicted molar refractivity (Wildman–Crippen MR) is 79.4 cm³/mol. The highest BCUT2D eigenvalue weighted by atomic mass is 19.4. The summed E-state index contributed by atoms with van der Waals surface area (Å²) in [5.74, 6) is -0.274. The van der Waals surface area contributed by atoms with Crippen molar-refractivity contribution in [1.29, 1.82) is 0 Å². The van der Waals surface area contributed by atoms with E-state index in [0.717, 1.165) is 12.1 Å². The summed E-state index contributed by atoms with van der Waals surface area (Å²) in [7, 11) is 1.39. The number of alkyl halides is 3. The van der Waals surface area contributed by atoms with E-state index in [-0.39, 0.29) is 17.9 Å². The third kappa shape index (κ3) is 3.64. The summed E-state index contributed by atoms with van der Waals surface area (Å²) in [6.07, 6.45) is -4.39. The number of carbonyl (C=O) groups excluding carboxylic acids is 1. The van der Waals surface area contributed by atoms with Crippen molar-refractivity contribution in [3.8, 4) is 16.9 Å². The molecule has 0 radical (unpaired) electrons. The van der Waals surface area contributed by atoms with Gasteiger partial charge in [0.2, 0.25) is 0 Å². The van der Waals surface area contributed by atoms with Crippen LogP contribution < -0.4 is 4.74 Å². The zero-order chi connectivity index (χ0) is 17.0. The highest BCUT2D eigenvalue weighted by Gasteiger charge is 2.30. The molecule has 0 atom stereocenters. The predicted octanol–water partition coefficient (Wildman–Crippen LogP) is 4.56. The fraction of sp³-hybridized carbons (Fsp3) is 0.235. The van der Waals surface area contributed by atoms with Gasteiger partial charge in [-0.1, -0.05) is 24.3 Å². The molecule has 6 heteroatoms. The zero-order valence-corrected chi connectivity index (χ0v) is 12.6. The van der Waals surface area contributed by atoms with E-state index in [9.17, 15) is 18.0 Å². The van der Waals surface area contributed by atoms with Crippen LogP contribution in [0.4, 0.5) is 13.2 Å². The maximum Gasteiger partial charge on any atom is 0.416 e. The Labute approximate surface area is 131 Å². The molecule has 2 aromatic carbocycles. The molecule has 0 saturated heterocycles. The summed E-state index contributed by atoms with van der Waals surface area (Å²) in [4.78, 5) is 11.9. The van der Waals surface area contributed by atoms with Gasteiger partial charge >= 0.3 is 12.1 Å². The Morgan fingerprint density at radius 3 is 2.26 bits per heavy atom. The lowest BCUT2D eigenvalue weighted by Crippen LogP contribution is -2.07. The summed E-state index contributed by atoms with van der Waals surface area (Å²) in [6.45, 7) is 1.90. The van der Waals surface area contributed by atoms with Gasteiger partial charge in [-0.2, -0.15) is 13.2 Å². The fourth-order valence-corrected chi connectivity index (χ4v) is 2.19. The second kappa shape index (κ2) is 6.73. The van der Waals surface area contributed by atoms with Gasteiger partial charge in [0.05, 0.1) is 19.3 Å². The van der Waals surface area contributed by atoms with E-state index in [1.807, 2.05) is 0 Å². The molecule has 0 unspecified atom stereocenters. The zero-order valence-electron chi connectivity index (χ0n) is 12.6. The van der Waals surface area contributed by atoms with Crippen molar-refractivity contribution in [3.63, 3.8) is 0 Å². The van der Waals surface area contributed by atoms with E-state index in [1.165, 1.54) is 19.2 Å². The molecule has 0 fully saturated rings. The van der Waals surface area contributed by atoms with Crippen LogP contribution in [0.25, 0.3) is 11.1 Å². The molecule has 3 nitrogen and oxygen atoms in total. The van der Waals surface area contributed by atoms with Crippen molar-refractivity contribution in [2.24, 2.45) is 0 Å². The SMILES string of the molecule is CCOC(=O)c1cccc(-c2ccc(C(F)(F)F)cc2)c1OC. The van der Waals surface area contributed by atoms with Crippen LogP contribution in [-0.2, 0) is 10.9 Å². The molecule has 23 heavy (non-hydrogen) atoms. The Bertz CT molecular complexity index is 691. The lowest BCUT2D eigenvalue weighted by molar-refractivity contribution is -0.137. The minimum Gasteiger partial charge on any atom is -0.495 e. The van der Waals surface area contributed by atoms with Crippen molar-refractivity contribution >= 4 is 5.97 Å². The van der Waals surface area contributed by atoms with Gasteiger partial charge in [-0.05, 0) is 30.7 Å². The van der Waals surface area contributed by atoms with Crippen LogP contribution in [0.5, 0.6) is 5.75 Å². The standard InChI is InChI=1S/C17H15F3O3/c1-3-23-16(21)14-6-4-5-13(15(14)22-2)11-7-9-12(10-8-11)17(18,19)20/h4-10H,3H2,1-2H3. The summed E-state index contributed by atoms with van der Waals surface area (Å²) < 4.78 is 48.1. The molecular weight excluding hydrogens is 309 g/mol. The van der Waals surface area contributed by atoms with Crippen molar-refractivity contribution < 1.29 is 27.4 Å². The van der Waals surface area contributed by atoms with Crippen molar-refractivity contribution in [1.82, 2.24) is 0 Å². The fourth-order valence-electron chi connectivity index (χ4n) is 2.19. The smallest absolute Gasteiger partial charge is 0.416 e.